The van der Waals surface area contributed by atoms with E-state index in [4.69, 9.17) is 4.74 Å². The highest BCUT2D eigenvalue weighted by molar-refractivity contribution is 5.75. The van der Waals surface area contributed by atoms with Gasteiger partial charge in [0.25, 0.3) is 0 Å². The van der Waals surface area contributed by atoms with Gasteiger partial charge in [0, 0.05) is 25.8 Å². The summed E-state index contributed by atoms with van der Waals surface area (Å²) in [4.78, 5) is 13.7. The molecule has 2 unspecified atom stereocenters. The van der Waals surface area contributed by atoms with Gasteiger partial charge in [-0.3, -0.25) is 0 Å². The van der Waals surface area contributed by atoms with E-state index in [1.54, 1.807) is 0 Å². The Bertz CT molecular complexity index is 580. The molecule has 0 saturated carbocycles. The third-order valence-electron chi connectivity index (χ3n) is 4.07. The fourth-order valence-electron chi connectivity index (χ4n) is 2.57. The molecule has 0 bridgehead atoms. The highest BCUT2D eigenvalue weighted by Gasteiger charge is 2.37. The normalized spacial score (nSPS) is 21.6. The van der Waals surface area contributed by atoms with Crippen molar-refractivity contribution in [1.29, 1.82) is 0 Å². The number of likely N-dealkylation sites (tertiary alicyclic amines) is 1. The Morgan fingerprint density at radius 2 is 2.17 bits per heavy atom. The lowest BCUT2D eigenvalue weighted by Crippen LogP contribution is -2.46. The Balaban J connectivity index is 2.16. The largest absolute Gasteiger partial charge is 0.391 e. The summed E-state index contributed by atoms with van der Waals surface area (Å²) in [5.74, 6) is -1.18. The highest BCUT2D eigenvalue weighted by Crippen LogP contribution is 2.34. The van der Waals surface area contributed by atoms with Crippen LogP contribution < -0.4 is 5.32 Å². The molecule has 1 heterocycles. The molecule has 1 aliphatic heterocycles. The summed E-state index contributed by atoms with van der Waals surface area (Å²) in [5, 5.41) is 12.6. The monoisotopic (exact) mass is 328 g/mol. The zero-order chi connectivity index (χ0) is 17.2. The van der Waals surface area contributed by atoms with Gasteiger partial charge < -0.3 is 20.1 Å². The number of hydrogen-bond acceptors (Lipinski definition) is 3. The Morgan fingerprint density at radius 3 is 2.83 bits per heavy atom. The van der Waals surface area contributed by atoms with Crippen LogP contribution in [-0.2, 0) is 4.74 Å². The zero-order valence-electron chi connectivity index (χ0n) is 13.5. The third kappa shape index (κ3) is 4.17. The predicted octanol–water partition coefficient (Wildman–Crippen LogP) is 2.21. The number of methoxy groups -OCH3 is 1. The number of amides is 2. The lowest BCUT2D eigenvalue weighted by molar-refractivity contribution is 0.0241. The van der Waals surface area contributed by atoms with Crippen molar-refractivity contribution in [3.63, 3.8) is 0 Å². The molecule has 0 aromatic heterocycles. The average Bonchev–Trinajstić information content (AvgIpc) is 2.89. The van der Waals surface area contributed by atoms with Crippen LogP contribution in [0.15, 0.2) is 18.2 Å². The van der Waals surface area contributed by atoms with E-state index < -0.39 is 35.4 Å². The molecule has 2 N–H and O–H groups in total. The van der Waals surface area contributed by atoms with E-state index in [0.29, 0.717) is 0 Å². The number of carbonyl (C=O) groups is 1. The van der Waals surface area contributed by atoms with Crippen molar-refractivity contribution < 1.29 is 23.4 Å². The van der Waals surface area contributed by atoms with E-state index in [2.05, 4.69) is 5.32 Å². The second-order valence-electron chi connectivity index (χ2n) is 6.35. The first-order valence-corrected chi connectivity index (χ1v) is 7.46. The van der Waals surface area contributed by atoms with E-state index in [1.807, 2.05) is 13.8 Å². The lowest BCUT2D eigenvalue weighted by Gasteiger charge is -2.28. The number of carbonyl (C=O) groups excluding carboxylic acids is 1. The molecular formula is C16H22F2N2O3. The Labute approximate surface area is 134 Å². The number of urea groups is 1. The molecule has 0 radical (unpaired) electrons. The molecule has 7 heteroatoms. The van der Waals surface area contributed by atoms with Gasteiger partial charge in [0.2, 0.25) is 0 Å². The third-order valence-corrected chi connectivity index (χ3v) is 4.07. The number of halogens is 2. The summed E-state index contributed by atoms with van der Waals surface area (Å²) in [7, 11) is 1.54. The highest BCUT2D eigenvalue weighted by atomic mass is 19.1. The number of ether oxygens (including phenoxy) is 1. The Morgan fingerprint density at radius 1 is 1.48 bits per heavy atom. The van der Waals surface area contributed by atoms with Crippen LogP contribution in [0.5, 0.6) is 0 Å². The number of β-amino-alcohol motifs (C(OH)–C–C–N with tert-alkyl or cyclic N) is 1. The van der Waals surface area contributed by atoms with E-state index in [1.165, 1.54) is 12.0 Å². The van der Waals surface area contributed by atoms with Gasteiger partial charge in [0.15, 0.2) is 0 Å². The minimum absolute atomic E-state index is 0.0693. The van der Waals surface area contributed by atoms with Crippen molar-refractivity contribution >= 4 is 6.03 Å². The molecule has 1 aliphatic rings. The maximum absolute atomic E-state index is 14.0. The second kappa shape index (κ2) is 6.80. The van der Waals surface area contributed by atoms with E-state index >= 15 is 0 Å². The Kier molecular flexibility index (Phi) is 5.21. The number of aliphatic hydroxyl groups is 1. The first-order chi connectivity index (χ1) is 10.7. The van der Waals surface area contributed by atoms with E-state index in [0.717, 1.165) is 18.2 Å². The SMILES string of the molecule is COC(C)(C)CNC(=O)N1CC(O)CC1c1cc(F)ccc1F. The number of benzene rings is 1. The van der Waals surface area contributed by atoms with Crippen LogP contribution in [0.2, 0.25) is 0 Å². The number of aliphatic hydroxyl groups excluding tert-OH is 1. The Hall–Kier alpha value is -1.73. The van der Waals surface area contributed by atoms with Gasteiger partial charge in [-0.15, -0.1) is 0 Å². The predicted molar refractivity (Wildman–Crippen MR) is 80.9 cm³/mol. The van der Waals surface area contributed by atoms with Crippen LogP contribution in [0, 0.1) is 11.6 Å². The fourth-order valence-corrected chi connectivity index (χ4v) is 2.57. The quantitative estimate of drug-likeness (QED) is 0.891. The molecule has 2 amide bonds. The molecule has 5 nitrogen and oxygen atoms in total. The van der Waals surface area contributed by atoms with Crippen LogP contribution in [0.1, 0.15) is 31.9 Å². The molecule has 0 aliphatic carbocycles. The van der Waals surface area contributed by atoms with Gasteiger partial charge in [-0.05, 0) is 38.5 Å². The van der Waals surface area contributed by atoms with Crippen molar-refractivity contribution in [3.05, 3.63) is 35.4 Å². The first kappa shape index (κ1) is 17.6. The molecular weight excluding hydrogens is 306 g/mol. The molecule has 128 valence electrons. The van der Waals surface area contributed by atoms with Crippen molar-refractivity contribution in [2.45, 2.75) is 38.0 Å². The maximum Gasteiger partial charge on any atom is 0.318 e. The summed E-state index contributed by atoms with van der Waals surface area (Å²) in [6, 6.07) is 1.97. The first-order valence-electron chi connectivity index (χ1n) is 7.46. The number of rotatable bonds is 4. The van der Waals surface area contributed by atoms with Crippen LogP contribution in [-0.4, -0.2) is 47.9 Å². The summed E-state index contributed by atoms with van der Waals surface area (Å²) >= 11 is 0. The van der Waals surface area contributed by atoms with Crippen molar-refractivity contribution in [1.82, 2.24) is 10.2 Å². The molecule has 2 rings (SSSR count). The minimum atomic E-state index is -0.774. The van der Waals surface area contributed by atoms with Crippen LogP contribution in [0.25, 0.3) is 0 Å². The van der Waals surface area contributed by atoms with Gasteiger partial charge in [-0.2, -0.15) is 0 Å². The van der Waals surface area contributed by atoms with Crippen molar-refractivity contribution in [2.75, 3.05) is 20.2 Å². The summed E-state index contributed by atoms with van der Waals surface area (Å²) in [6.45, 7) is 3.96. The fraction of sp³-hybridized carbons (Fsp3) is 0.562. The van der Waals surface area contributed by atoms with Gasteiger partial charge >= 0.3 is 6.03 Å². The zero-order valence-corrected chi connectivity index (χ0v) is 13.5. The van der Waals surface area contributed by atoms with Gasteiger partial charge in [0.1, 0.15) is 11.6 Å². The van der Waals surface area contributed by atoms with Crippen molar-refractivity contribution in [3.8, 4) is 0 Å². The van der Waals surface area contributed by atoms with Gasteiger partial charge in [-0.25, -0.2) is 13.6 Å². The van der Waals surface area contributed by atoms with E-state index in [-0.39, 0.29) is 25.1 Å². The van der Waals surface area contributed by atoms with E-state index in [9.17, 15) is 18.7 Å². The molecule has 1 fully saturated rings. The number of hydrogen-bond donors (Lipinski definition) is 2. The van der Waals surface area contributed by atoms with Crippen LogP contribution in [0.3, 0.4) is 0 Å². The molecule has 1 aromatic rings. The van der Waals surface area contributed by atoms with Crippen molar-refractivity contribution in [2.24, 2.45) is 0 Å². The standard InChI is InChI=1S/C16H22F2N2O3/c1-16(2,23-3)9-19-15(22)20-8-11(21)7-14(20)12-6-10(17)4-5-13(12)18/h4-6,11,14,21H,7-9H2,1-3H3,(H,19,22). The molecule has 1 saturated heterocycles. The molecule has 1 aromatic carbocycles. The van der Waals surface area contributed by atoms with Crippen LogP contribution in [0.4, 0.5) is 13.6 Å². The molecule has 23 heavy (non-hydrogen) atoms. The number of nitrogens with one attached hydrogen (secondary N) is 1. The van der Waals surface area contributed by atoms with Gasteiger partial charge in [-0.1, -0.05) is 0 Å². The van der Waals surface area contributed by atoms with Crippen LogP contribution >= 0.6 is 0 Å². The summed E-state index contributed by atoms with van der Waals surface area (Å²) in [5.41, 5.74) is -0.476. The summed E-state index contributed by atoms with van der Waals surface area (Å²) in [6.07, 6.45) is -0.606. The maximum atomic E-state index is 14.0. The number of nitrogens with zero attached hydrogens (tertiary/aromatic N) is 1. The molecule has 2 atom stereocenters. The smallest absolute Gasteiger partial charge is 0.318 e. The minimum Gasteiger partial charge on any atom is -0.391 e. The molecule has 0 spiro atoms. The second-order valence-corrected chi connectivity index (χ2v) is 6.35. The lowest BCUT2D eigenvalue weighted by atomic mass is 10.0. The topological polar surface area (TPSA) is 61.8 Å². The van der Waals surface area contributed by atoms with Gasteiger partial charge in [0.05, 0.1) is 17.7 Å². The summed E-state index contributed by atoms with van der Waals surface area (Å²) < 4.78 is 32.6. The average molecular weight is 328 g/mol.